The number of hydrogen-bond acceptors (Lipinski definition) is 6. The number of carbonyl (C=O) groups excluding carboxylic acids is 3. The van der Waals surface area contributed by atoms with Crippen LogP contribution in [0, 0.1) is 5.92 Å². The molecular formula is C42H46ClN3O6Si. The van der Waals surface area contributed by atoms with Crippen LogP contribution in [0.2, 0.25) is 23.7 Å². The van der Waals surface area contributed by atoms with Crippen LogP contribution in [0.3, 0.4) is 0 Å². The van der Waals surface area contributed by atoms with Gasteiger partial charge in [0.2, 0.25) is 5.91 Å². The van der Waals surface area contributed by atoms with E-state index in [1.165, 1.54) is 5.19 Å². The van der Waals surface area contributed by atoms with Crippen molar-refractivity contribution in [2.45, 2.75) is 69.1 Å². The molecule has 2 saturated heterocycles. The average molecular weight is 752 g/mol. The molecule has 1 spiro atoms. The van der Waals surface area contributed by atoms with E-state index in [9.17, 15) is 14.7 Å². The molecular weight excluding hydrogens is 706 g/mol. The van der Waals surface area contributed by atoms with Crippen molar-refractivity contribution in [1.29, 1.82) is 0 Å². The summed E-state index contributed by atoms with van der Waals surface area (Å²) < 4.78 is 12.6. The summed E-state index contributed by atoms with van der Waals surface area (Å²) in [6.07, 6.45) is 1.15. The second-order valence-electron chi connectivity index (χ2n) is 15.0. The summed E-state index contributed by atoms with van der Waals surface area (Å²) in [5.41, 5.74) is 1.88. The molecule has 53 heavy (non-hydrogen) atoms. The summed E-state index contributed by atoms with van der Waals surface area (Å²) in [5.74, 6) is -0.0437. The number of benzene rings is 4. The van der Waals surface area contributed by atoms with E-state index in [1.807, 2.05) is 66.7 Å². The summed E-state index contributed by atoms with van der Waals surface area (Å²) in [5, 5.41) is 14.7. The van der Waals surface area contributed by atoms with Gasteiger partial charge in [-0.3, -0.25) is 14.4 Å². The van der Waals surface area contributed by atoms with Crippen LogP contribution in [0.15, 0.2) is 97.1 Å². The van der Waals surface area contributed by atoms with Crippen molar-refractivity contribution < 1.29 is 29.0 Å². The molecule has 3 aliphatic heterocycles. The number of nitrogens with zero attached hydrogens (tertiary/aromatic N) is 2. The van der Waals surface area contributed by atoms with Crippen LogP contribution in [0.4, 0.5) is 11.4 Å². The lowest BCUT2D eigenvalue weighted by Gasteiger charge is -2.37. The summed E-state index contributed by atoms with van der Waals surface area (Å²) in [4.78, 5) is 45.7. The van der Waals surface area contributed by atoms with E-state index in [2.05, 4.69) is 37.5 Å². The van der Waals surface area contributed by atoms with Gasteiger partial charge in [0.1, 0.15) is 5.75 Å². The summed E-state index contributed by atoms with van der Waals surface area (Å²) >= 11 is 6.68. The fourth-order valence-electron chi connectivity index (χ4n) is 9.01. The Balaban J connectivity index is 1.25. The number of nitrogens with one attached hydrogen (secondary N) is 1. The maximum atomic E-state index is 15.2. The third-order valence-electron chi connectivity index (χ3n) is 11.6. The molecule has 0 unspecified atom stereocenters. The van der Waals surface area contributed by atoms with Gasteiger partial charge in [0, 0.05) is 34.3 Å². The van der Waals surface area contributed by atoms with Gasteiger partial charge in [-0.2, -0.15) is 0 Å². The smallest absolute Gasteiger partial charge is 0.264 e. The van der Waals surface area contributed by atoms with E-state index < -0.39 is 19.8 Å². The van der Waals surface area contributed by atoms with E-state index in [4.69, 9.17) is 21.1 Å². The van der Waals surface area contributed by atoms with Crippen molar-refractivity contribution in [3.63, 3.8) is 0 Å². The second kappa shape index (κ2) is 14.7. The van der Waals surface area contributed by atoms with E-state index in [-0.39, 0.29) is 54.8 Å². The number of methoxy groups -OCH3 is 1. The first-order chi connectivity index (χ1) is 25.5. The number of rotatable bonds is 10. The lowest BCUT2D eigenvalue weighted by atomic mass is 9.82. The molecule has 3 heterocycles. The van der Waals surface area contributed by atoms with Crippen LogP contribution in [0.5, 0.6) is 5.75 Å². The number of fused-ring (bicyclic) bond motifs is 2. The Kier molecular flexibility index (Phi) is 10.3. The Morgan fingerprint density at radius 3 is 2.49 bits per heavy atom. The molecule has 9 nitrogen and oxygen atoms in total. The Morgan fingerprint density at radius 1 is 1.02 bits per heavy atom. The fraction of sp³-hybridized carbons (Fsp3) is 0.357. The number of likely N-dealkylation sites (tertiary alicyclic amines) is 1. The van der Waals surface area contributed by atoms with Gasteiger partial charge in [0.25, 0.3) is 11.8 Å². The molecule has 0 radical (unpaired) electrons. The summed E-state index contributed by atoms with van der Waals surface area (Å²) in [7, 11) is -0.846. The predicted octanol–water partition coefficient (Wildman–Crippen LogP) is 6.74. The van der Waals surface area contributed by atoms with Crippen LogP contribution in [0.1, 0.15) is 47.7 Å². The lowest BCUT2D eigenvalue weighted by Crippen LogP contribution is -2.52. The van der Waals surface area contributed by atoms with Crippen LogP contribution in [-0.2, 0) is 26.5 Å². The van der Waals surface area contributed by atoms with Gasteiger partial charge in [-0.1, -0.05) is 79.3 Å². The molecule has 7 rings (SSSR count). The highest BCUT2D eigenvalue weighted by Crippen LogP contribution is 2.60. The fourth-order valence-corrected chi connectivity index (χ4v) is 13.2. The first-order valence-corrected chi connectivity index (χ1v) is 21.7. The molecule has 0 bridgehead atoms. The van der Waals surface area contributed by atoms with Crippen molar-refractivity contribution >= 4 is 54.0 Å². The zero-order valence-corrected chi connectivity index (χ0v) is 32.3. The van der Waals surface area contributed by atoms with Gasteiger partial charge < -0.3 is 29.7 Å². The van der Waals surface area contributed by atoms with Crippen LogP contribution < -0.4 is 20.1 Å². The molecule has 4 aromatic carbocycles. The maximum Gasteiger partial charge on any atom is 0.264 e. The van der Waals surface area contributed by atoms with Crippen LogP contribution in [0.25, 0.3) is 0 Å². The molecule has 2 fully saturated rings. The van der Waals surface area contributed by atoms with Gasteiger partial charge in [0.15, 0.2) is 5.60 Å². The molecule has 276 valence electrons. The van der Waals surface area contributed by atoms with E-state index in [1.54, 1.807) is 35.1 Å². The largest absolute Gasteiger partial charge is 0.497 e. The molecule has 2 N–H and O–H groups in total. The normalized spacial score (nSPS) is 23.8. The first kappa shape index (κ1) is 36.9. The maximum absolute atomic E-state index is 15.2. The van der Waals surface area contributed by atoms with Crippen LogP contribution >= 0.6 is 11.6 Å². The van der Waals surface area contributed by atoms with Gasteiger partial charge in [0.05, 0.1) is 52.6 Å². The standard InChI is InChI=1S/C42H46ClN3O6Si/c1-27-39(53(3,4)34-18-16-33(51-2)17-19-34)37(24-38(48)45-21-9-14-32(45)26-47)52-42(27)35-23-30(43)15-20-36(35)46(41(42)50)25-28-10-8-13-31(22-28)44-40(49)29-11-6-5-7-12-29/h5-8,10-13,15-20,22-23,27,32,37,39,47H,9,14,21,24-26H2,1-4H3,(H,44,49)/t27-,32-,37+,39-,42+/m0/s1. The van der Waals surface area contributed by atoms with Gasteiger partial charge >= 0.3 is 0 Å². The van der Waals surface area contributed by atoms with E-state index in [0.29, 0.717) is 34.1 Å². The average Bonchev–Trinajstić information content (AvgIpc) is 3.82. The number of carbonyl (C=O) groups is 3. The van der Waals surface area contributed by atoms with Gasteiger partial charge in [-0.05, 0) is 78.5 Å². The monoisotopic (exact) mass is 751 g/mol. The second-order valence-corrected chi connectivity index (χ2v) is 20.1. The molecule has 3 aliphatic rings. The number of halogens is 1. The van der Waals surface area contributed by atoms with Crippen molar-refractivity contribution in [3.05, 3.63) is 119 Å². The van der Waals surface area contributed by atoms with Crippen molar-refractivity contribution in [2.24, 2.45) is 5.92 Å². The minimum Gasteiger partial charge on any atom is -0.497 e. The molecule has 3 amide bonds. The Labute approximate surface area is 316 Å². The molecule has 11 heteroatoms. The first-order valence-electron chi connectivity index (χ1n) is 18.3. The summed E-state index contributed by atoms with van der Waals surface area (Å²) in [6, 6.07) is 29.9. The number of aliphatic hydroxyl groups is 1. The highest BCUT2D eigenvalue weighted by molar-refractivity contribution is 6.91. The zero-order chi connectivity index (χ0) is 37.5. The van der Waals surface area contributed by atoms with Gasteiger partial charge in [-0.25, -0.2) is 0 Å². The molecule has 0 aliphatic carbocycles. The number of amides is 3. The molecule has 4 aromatic rings. The molecule has 0 aromatic heterocycles. The third-order valence-corrected chi connectivity index (χ3v) is 16.2. The van der Waals surface area contributed by atoms with Crippen molar-refractivity contribution in [3.8, 4) is 5.75 Å². The Morgan fingerprint density at radius 2 is 1.77 bits per heavy atom. The minimum absolute atomic E-state index is 0.0664. The SMILES string of the molecule is COc1ccc([Si](C)(C)[C@@H]2[C@@H](CC(=O)N3CCC[C@H]3CO)O[C@]3(C(=O)N(Cc4cccc(NC(=O)c5ccccc5)c4)c4ccc(Cl)cc43)[C@H]2C)cc1. The molecule has 0 saturated carbocycles. The third kappa shape index (κ3) is 6.67. The van der Waals surface area contributed by atoms with Gasteiger partial charge in [-0.15, -0.1) is 0 Å². The zero-order valence-electron chi connectivity index (χ0n) is 30.6. The molecule has 5 atom stereocenters. The minimum atomic E-state index is -2.49. The lowest BCUT2D eigenvalue weighted by molar-refractivity contribution is -0.150. The van der Waals surface area contributed by atoms with E-state index in [0.717, 1.165) is 24.2 Å². The highest BCUT2D eigenvalue weighted by Gasteiger charge is 2.66. The Bertz CT molecular complexity index is 2010. The van der Waals surface area contributed by atoms with Crippen molar-refractivity contribution in [1.82, 2.24) is 4.90 Å². The topological polar surface area (TPSA) is 108 Å². The van der Waals surface area contributed by atoms with Crippen LogP contribution in [-0.4, -0.2) is 68.2 Å². The number of anilines is 2. The Hall–Kier alpha value is -4.48. The van der Waals surface area contributed by atoms with E-state index >= 15 is 4.79 Å². The predicted molar refractivity (Wildman–Crippen MR) is 209 cm³/mol. The number of aliphatic hydroxyl groups excluding tert-OH is 1. The highest BCUT2D eigenvalue weighted by atomic mass is 35.5. The number of ether oxygens (including phenoxy) is 2. The van der Waals surface area contributed by atoms with Crippen molar-refractivity contribution in [2.75, 3.05) is 30.5 Å². The summed E-state index contributed by atoms with van der Waals surface area (Å²) in [6.45, 7) is 7.41. The quantitative estimate of drug-likeness (QED) is 0.174. The number of hydrogen-bond donors (Lipinski definition) is 2.